The van der Waals surface area contributed by atoms with Gasteiger partial charge in [0.15, 0.2) is 0 Å². The maximum absolute atomic E-state index is 12.4. The highest BCUT2D eigenvalue weighted by molar-refractivity contribution is 8.04. The van der Waals surface area contributed by atoms with Gasteiger partial charge < -0.3 is 0 Å². The van der Waals surface area contributed by atoms with E-state index < -0.39 is 10.1 Å². The van der Waals surface area contributed by atoms with Crippen molar-refractivity contribution in [1.82, 2.24) is 0 Å². The molecule has 4 rings (SSSR count). The van der Waals surface area contributed by atoms with Crippen molar-refractivity contribution in [2.45, 2.75) is 16.7 Å². The topological polar surface area (TPSA) is 43.4 Å². The van der Waals surface area contributed by atoms with E-state index in [-0.39, 0.29) is 4.90 Å². The van der Waals surface area contributed by atoms with Crippen molar-refractivity contribution >= 4 is 22.2 Å². The highest BCUT2D eigenvalue weighted by Crippen LogP contribution is 2.33. The predicted molar refractivity (Wildman–Crippen MR) is 123 cm³/mol. The van der Waals surface area contributed by atoms with Crippen molar-refractivity contribution in [3.63, 3.8) is 0 Å². The molecule has 0 heterocycles. The fourth-order valence-corrected chi connectivity index (χ4v) is 4.83. The molecular weight excluding hydrogens is 412 g/mol. The molecule has 0 aliphatic heterocycles. The molecule has 0 amide bonds. The van der Waals surface area contributed by atoms with Crippen molar-refractivity contribution < 1.29 is 12.0 Å². The van der Waals surface area contributed by atoms with Gasteiger partial charge >= 0.3 is 10.1 Å². The monoisotopic (exact) mass is 432 g/mol. The van der Waals surface area contributed by atoms with Crippen molar-refractivity contribution in [3.05, 3.63) is 109 Å². The Morgan fingerprint density at radius 3 is 1.77 bits per heavy atom. The van der Waals surface area contributed by atoms with Crippen molar-refractivity contribution in [1.29, 1.82) is 0 Å². The molecule has 0 atom stereocenters. The lowest BCUT2D eigenvalue weighted by molar-refractivity contribution is 0.518. The number of aryl methyl sites for hydroxylation is 1. The van der Waals surface area contributed by atoms with Crippen molar-refractivity contribution in [2.75, 3.05) is 0 Å². The van der Waals surface area contributed by atoms with Gasteiger partial charge in [0.2, 0.25) is 0 Å². The Kier molecular flexibility index (Phi) is 6.04. The van der Waals surface area contributed by atoms with E-state index >= 15 is 0 Å². The molecule has 5 heteroatoms. The minimum Gasteiger partial charge on any atom is -0.193 e. The van der Waals surface area contributed by atoms with Crippen molar-refractivity contribution in [2.24, 2.45) is 0 Å². The van der Waals surface area contributed by atoms with Crippen molar-refractivity contribution in [3.8, 4) is 22.3 Å². The number of hydrogen-bond acceptors (Lipinski definition) is 4. The third kappa shape index (κ3) is 4.65. The molecule has 0 unspecified atom stereocenters. The lowest BCUT2D eigenvalue weighted by Gasteiger charge is -2.11. The van der Waals surface area contributed by atoms with E-state index in [9.17, 15) is 8.42 Å². The van der Waals surface area contributed by atoms with E-state index in [4.69, 9.17) is 3.63 Å². The highest BCUT2D eigenvalue weighted by atomic mass is 32.3. The Bertz CT molecular complexity index is 1230. The second-order valence-corrected chi connectivity index (χ2v) is 9.42. The first-order valence-electron chi connectivity index (χ1n) is 9.46. The fourth-order valence-electron chi connectivity index (χ4n) is 3.12. The molecule has 0 aliphatic rings. The molecule has 4 aromatic carbocycles. The lowest BCUT2D eigenvalue weighted by Crippen LogP contribution is -2.01. The molecule has 3 nitrogen and oxygen atoms in total. The maximum atomic E-state index is 12.4. The van der Waals surface area contributed by atoms with E-state index in [1.54, 1.807) is 24.3 Å². The van der Waals surface area contributed by atoms with Crippen LogP contribution in [0.1, 0.15) is 5.56 Å². The molecule has 0 saturated heterocycles. The molecule has 0 bridgehead atoms. The molecule has 0 saturated carbocycles. The van der Waals surface area contributed by atoms with Gasteiger partial charge in [0.1, 0.15) is 0 Å². The van der Waals surface area contributed by atoms with Crippen LogP contribution in [0.3, 0.4) is 0 Å². The fraction of sp³-hybridized carbons (Fsp3) is 0.0400. The summed E-state index contributed by atoms with van der Waals surface area (Å²) in [5.74, 6) is 0. The number of benzene rings is 4. The summed E-state index contributed by atoms with van der Waals surface area (Å²) in [6.45, 7) is 1.91. The van der Waals surface area contributed by atoms with Crippen LogP contribution < -0.4 is 0 Å². The van der Waals surface area contributed by atoms with Gasteiger partial charge in [-0.15, -0.1) is 0 Å². The minimum atomic E-state index is -3.82. The summed E-state index contributed by atoms with van der Waals surface area (Å²) in [6, 6.07) is 32.8. The van der Waals surface area contributed by atoms with Crippen LogP contribution in [0.15, 0.2) is 113 Å². The van der Waals surface area contributed by atoms with Crippen LogP contribution in [-0.4, -0.2) is 8.42 Å². The van der Waals surface area contributed by atoms with E-state index in [0.29, 0.717) is 4.90 Å². The van der Waals surface area contributed by atoms with E-state index in [1.807, 2.05) is 61.5 Å². The second-order valence-electron chi connectivity index (χ2n) is 6.85. The predicted octanol–water partition coefficient (Wildman–Crippen LogP) is 6.74. The zero-order valence-corrected chi connectivity index (χ0v) is 18.0. The Morgan fingerprint density at radius 2 is 1.17 bits per heavy atom. The normalized spacial score (nSPS) is 11.4. The zero-order valence-electron chi connectivity index (χ0n) is 16.4. The van der Waals surface area contributed by atoms with Gasteiger partial charge in [-0.25, -0.2) is 0 Å². The summed E-state index contributed by atoms with van der Waals surface area (Å²) in [5.41, 5.74) is 5.47. The Morgan fingerprint density at radius 1 is 0.633 bits per heavy atom. The van der Waals surface area contributed by atoms with E-state index in [1.165, 1.54) is 0 Å². The van der Waals surface area contributed by atoms with Gasteiger partial charge in [0, 0.05) is 16.9 Å². The molecule has 30 heavy (non-hydrogen) atoms. The summed E-state index contributed by atoms with van der Waals surface area (Å²) < 4.78 is 29.9. The highest BCUT2D eigenvalue weighted by Gasteiger charge is 2.16. The second kappa shape index (κ2) is 8.88. The lowest BCUT2D eigenvalue weighted by atomic mass is 9.95. The van der Waals surface area contributed by atoms with Crippen LogP contribution in [0.25, 0.3) is 22.3 Å². The Labute approximate surface area is 181 Å². The Balaban J connectivity index is 1.53. The number of hydrogen-bond donors (Lipinski definition) is 0. The zero-order chi connectivity index (χ0) is 21.0. The number of rotatable bonds is 6. The molecule has 0 radical (unpaired) electrons. The molecule has 4 aromatic rings. The van der Waals surface area contributed by atoms with Gasteiger partial charge in [-0.05, 0) is 53.4 Å². The Hall–Kier alpha value is -2.86. The molecule has 0 spiro atoms. The largest absolute Gasteiger partial charge is 0.308 e. The molecule has 0 N–H and O–H groups in total. The van der Waals surface area contributed by atoms with Crippen LogP contribution in [0, 0.1) is 6.92 Å². The standard InChI is InChI=1S/C25H20O3S2/c1-19-11-17-23(18-12-19)30(26,27)28-29-22-15-13-21(14-16-22)25-10-6-5-9-24(25)20-7-3-2-4-8-20/h2-18H,1H3. The van der Waals surface area contributed by atoms with E-state index in [2.05, 4.69) is 24.3 Å². The average Bonchev–Trinajstić information content (AvgIpc) is 2.79. The maximum Gasteiger partial charge on any atom is 0.308 e. The molecule has 0 fully saturated rings. The third-order valence-electron chi connectivity index (χ3n) is 4.71. The van der Waals surface area contributed by atoms with Gasteiger partial charge in [0.05, 0.1) is 4.90 Å². The smallest absolute Gasteiger partial charge is 0.193 e. The van der Waals surface area contributed by atoms with Crippen LogP contribution in [0.4, 0.5) is 0 Å². The first kappa shape index (κ1) is 20.4. The van der Waals surface area contributed by atoms with Crippen LogP contribution in [-0.2, 0) is 13.7 Å². The quantitative estimate of drug-likeness (QED) is 0.316. The molecule has 0 aliphatic carbocycles. The van der Waals surface area contributed by atoms with Gasteiger partial charge in [-0.1, -0.05) is 84.4 Å². The average molecular weight is 433 g/mol. The molecular formula is C25H20O3S2. The molecule has 0 aromatic heterocycles. The van der Waals surface area contributed by atoms with Gasteiger partial charge in [0.25, 0.3) is 0 Å². The van der Waals surface area contributed by atoms with Crippen LogP contribution >= 0.6 is 12.0 Å². The summed E-state index contributed by atoms with van der Waals surface area (Å²) in [6.07, 6.45) is 0. The third-order valence-corrected chi connectivity index (χ3v) is 7.01. The summed E-state index contributed by atoms with van der Waals surface area (Å²) in [7, 11) is -3.82. The van der Waals surface area contributed by atoms with Crippen LogP contribution in [0.2, 0.25) is 0 Å². The van der Waals surface area contributed by atoms with Gasteiger partial charge in [-0.3, -0.25) is 0 Å². The van der Waals surface area contributed by atoms with Crippen LogP contribution in [0.5, 0.6) is 0 Å². The molecule has 150 valence electrons. The SMILES string of the molecule is Cc1ccc(S(=O)(=O)OSc2ccc(-c3ccccc3-c3ccccc3)cc2)cc1. The van der Waals surface area contributed by atoms with Gasteiger partial charge in [-0.2, -0.15) is 12.0 Å². The minimum absolute atomic E-state index is 0.147. The summed E-state index contributed by atoms with van der Waals surface area (Å²) >= 11 is 0.843. The first-order valence-corrected chi connectivity index (χ1v) is 11.6. The first-order chi connectivity index (χ1) is 14.5. The summed E-state index contributed by atoms with van der Waals surface area (Å²) in [5, 5.41) is 0. The summed E-state index contributed by atoms with van der Waals surface area (Å²) in [4.78, 5) is 0.862. The van der Waals surface area contributed by atoms with E-state index in [0.717, 1.165) is 39.9 Å².